The summed E-state index contributed by atoms with van der Waals surface area (Å²) in [6.45, 7) is 7.49. The number of aromatic nitrogens is 9. The van der Waals surface area contributed by atoms with Crippen molar-refractivity contribution in [2.75, 3.05) is 6.54 Å². The van der Waals surface area contributed by atoms with Gasteiger partial charge in [0.15, 0.2) is 5.82 Å². The third-order valence-electron chi connectivity index (χ3n) is 12.0. The van der Waals surface area contributed by atoms with Gasteiger partial charge in [0.2, 0.25) is 0 Å². The summed E-state index contributed by atoms with van der Waals surface area (Å²) in [6.07, 6.45) is 5.95. The van der Waals surface area contributed by atoms with Gasteiger partial charge in [0.05, 0.1) is 44.8 Å². The molecule has 1 saturated carbocycles. The molecule has 0 radical (unpaired) electrons. The summed E-state index contributed by atoms with van der Waals surface area (Å²) in [5.41, 5.74) is 3.64. The molecule has 10 rings (SSSR count). The van der Waals surface area contributed by atoms with Gasteiger partial charge in [0, 0.05) is 48.7 Å². The summed E-state index contributed by atoms with van der Waals surface area (Å²) in [6, 6.07) is 13.1. The van der Waals surface area contributed by atoms with Crippen molar-refractivity contribution in [1.82, 2.24) is 48.3 Å². The third kappa shape index (κ3) is 5.11. The molecule has 8 aromatic rings. The first-order chi connectivity index (χ1) is 27.8. The van der Waals surface area contributed by atoms with E-state index in [1.807, 2.05) is 39.1 Å². The van der Waals surface area contributed by atoms with Crippen molar-refractivity contribution < 1.29 is 18.1 Å². The number of hydrogen-bond acceptors (Lipinski definition) is 7. The third-order valence-corrected chi connectivity index (χ3v) is 12.6. The number of carbonyl (C=O) groups excluding carboxylic acids is 1. The number of imidazole rings is 1. The Kier molecular flexibility index (Phi) is 7.80. The molecular weight excluding hydrogens is 814 g/mol. The second kappa shape index (κ2) is 12.6. The Balaban J connectivity index is 1.14. The highest BCUT2D eigenvalue weighted by Crippen LogP contribution is 2.56. The van der Waals surface area contributed by atoms with E-state index in [0.29, 0.717) is 63.3 Å². The number of carbonyl (C=O) groups is 1. The van der Waals surface area contributed by atoms with E-state index in [9.17, 15) is 14.0 Å². The molecule has 6 heterocycles. The van der Waals surface area contributed by atoms with Gasteiger partial charge in [-0.2, -0.15) is 10.2 Å². The van der Waals surface area contributed by atoms with Crippen molar-refractivity contribution in [2.24, 2.45) is 13.0 Å². The molecule has 0 saturated heterocycles. The topological polar surface area (TPSA) is 147 Å². The van der Waals surface area contributed by atoms with Crippen molar-refractivity contribution in [1.29, 1.82) is 0 Å². The zero-order chi connectivity index (χ0) is 40.5. The zero-order valence-electron chi connectivity index (χ0n) is 31.9. The van der Waals surface area contributed by atoms with E-state index in [0.717, 1.165) is 10.9 Å². The minimum Gasteiger partial charge on any atom is -0.330 e. The molecular formula is C41H35BrF2N10O4. The van der Waals surface area contributed by atoms with Crippen LogP contribution in [-0.2, 0) is 19.0 Å². The second-order valence-corrected chi connectivity index (χ2v) is 16.3. The van der Waals surface area contributed by atoms with E-state index in [4.69, 9.17) is 9.62 Å². The van der Waals surface area contributed by atoms with Gasteiger partial charge >= 0.3 is 11.4 Å². The van der Waals surface area contributed by atoms with Crippen LogP contribution in [0.2, 0.25) is 0 Å². The summed E-state index contributed by atoms with van der Waals surface area (Å²) < 4.78 is 43.6. The minimum atomic E-state index is -0.979. The quantitative estimate of drug-likeness (QED) is 0.200. The highest BCUT2D eigenvalue weighted by atomic mass is 79.9. The average molecular weight is 850 g/mol. The van der Waals surface area contributed by atoms with E-state index >= 15 is 9.18 Å². The van der Waals surface area contributed by atoms with E-state index in [1.54, 1.807) is 75.5 Å². The molecule has 1 amide bonds. The number of rotatable bonds is 6. The molecule has 294 valence electrons. The lowest BCUT2D eigenvalue weighted by atomic mass is 9.98. The molecule has 1 aliphatic carbocycles. The number of H-pyrrole nitrogens is 1. The van der Waals surface area contributed by atoms with Crippen LogP contribution in [0.3, 0.4) is 0 Å². The standard InChI is InChI=1S/C41H35BrF2N10O4/c1-20-12-27(13-21(2)35(20)44)54-36(52-11-10-51(40(52)57)26-6-7-31-25(14-26)19-45-49(31)5)34-23(4)50(9-8-30(34)47-54)37(55)33-16-24-15-28(42)29(43)17-32(24)53(33)41(18-22(41)3)38-46-39(56)58-48-38/h6-7,10-17,19,22-23H,8-9,18H2,1-5H3,(H,46,48,56)/t22-,23-,41-/m0/s1. The molecule has 3 atom stereocenters. The lowest BCUT2D eigenvalue weighted by Gasteiger charge is -2.34. The van der Waals surface area contributed by atoms with Gasteiger partial charge in [-0.25, -0.2) is 23.1 Å². The fraction of sp³-hybridized carbons (Fsp3) is 0.268. The van der Waals surface area contributed by atoms with Crippen LogP contribution < -0.4 is 11.4 Å². The molecule has 1 aliphatic heterocycles. The summed E-state index contributed by atoms with van der Waals surface area (Å²) in [4.78, 5) is 46.3. The number of benzene rings is 3. The van der Waals surface area contributed by atoms with Crippen LogP contribution in [-0.4, -0.2) is 60.8 Å². The van der Waals surface area contributed by atoms with Crippen LogP contribution in [0.5, 0.6) is 0 Å². The molecule has 14 nitrogen and oxygen atoms in total. The largest absolute Gasteiger partial charge is 0.438 e. The number of aromatic amines is 1. The maximum absolute atomic E-state index is 15.3. The van der Waals surface area contributed by atoms with Crippen LogP contribution in [0.15, 0.2) is 85.7 Å². The van der Waals surface area contributed by atoms with Crippen molar-refractivity contribution in [2.45, 2.75) is 52.1 Å². The van der Waals surface area contributed by atoms with Gasteiger partial charge < -0.3 is 9.47 Å². The van der Waals surface area contributed by atoms with E-state index in [2.05, 4.69) is 31.2 Å². The molecule has 0 unspecified atom stereocenters. The van der Waals surface area contributed by atoms with Crippen LogP contribution in [0.1, 0.15) is 65.0 Å². The minimum absolute atomic E-state index is 0.0882. The van der Waals surface area contributed by atoms with Crippen LogP contribution in [0, 0.1) is 31.4 Å². The summed E-state index contributed by atoms with van der Waals surface area (Å²) >= 11 is 3.30. The van der Waals surface area contributed by atoms with Crippen molar-refractivity contribution in [3.8, 4) is 17.2 Å². The van der Waals surface area contributed by atoms with Crippen molar-refractivity contribution in [3.05, 3.63) is 138 Å². The normalized spacial score (nSPS) is 19.1. The summed E-state index contributed by atoms with van der Waals surface area (Å²) in [7, 11) is 1.85. The van der Waals surface area contributed by atoms with Crippen molar-refractivity contribution in [3.63, 3.8) is 0 Å². The second-order valence-electron chi connectivity index (χ2n) is 15.4. The first kappa shape index (κ1) is 36.0. The Labute approximate surface area is 336 Å². The first-order valence-electron chi connectivity index (χ1n) is 18.8. The summed E-state index contributed by atoms with van der Waals surface area (Å²) in [5, 5.41) is 14.9. The Morgan fingerprint density at radius 2 is 1.71 bits per heavy atom. The number of nitrogens with zero attached hydrogens (tertiary/aromatic N) is 9. The Hall–Kier alpha value is -6.36. The molecule has 0 bridgehead atoms. The fourth-order valence-corrected chi connectivity index (χ4v) is 9.29. The predicted molar refractivity (Wildman–Crippen MR) is 213 cm³/mol. The van der Waals surface area contributed by atoms with E-state index in [1.165, 1.54) is 15.2 Å². The fourth-order valence-electron chi connectivity index (χ4n) is 8.93. The number of fused-ring (bicyclic) bond motifs is 3. The van der Waals surface area contributed by atoms with Gasteiger partial charge in [-0.15, -0.1) is 0 Å². The molecule has 1 fully saturated rings. The van der Waals surface area contributed by atoms with Gasteiger partial charge in [-0.3, -0.25) is 28.1 Å². The van der Waals surface area contributed by atoms with Crippen LogP contribution in [0.4, 0.5) is 8.78 Å². The lowest BCUT2D eigenvalue weighted by molar-refractivity contribution is 0.0663. The molecule has 1 N–H and O–H groups in total. The van der Waals surface area contributed by atoms with Gasteiger partial charge in [-0.1, -0.05) is 12.1 Å². The Morgan fingerprint density at radius 1 is 0.966 bits per heavy atom. The Morgan fingerprint density at radius 3 is 2.41 bits per heavy atom. The SMILES string of the molecule is Cc1cc(-n2nc3c(c2-n2ccn(-c4ccc5c(cnn5C)c4)c2=O)[C@H](C)N(C(=O)c2cc4cc(Br)c(F)cc4n2[C@@]2(c4noc(=O)[nH]4)C[C@@H]2C)CC3)cc(C)c1F. The molecule has 3 aromatic carbocycles. The maximum Gasteiger partial charge on any atom is 0.438 e. The highest BCUT2D eigenvalue weighted by Gasteiger charge is 2.59. The lowest BCUT2D eigenvalue weighted by Crippen LogP contribution is -2.41. The molecule has 5 aromatic heterocycles. The number of halogens is 3. The van der Waals surface area contributed by atoms with Crippen molar-refractivity contribution >= 4 is 43.6 Å². The monoisotopic (exact) mass is 848 g/mol. The van der Waals surface area contributed by atoms with Crippen LogP contribution in [0.25, 0.3) is 39.0 Å². The molecule has 0 spiro atoms. The zero-order valence-corrected chi connectivity index (χ0v) is 33.5. The van der Waals surface area contributed by atoms with E-state index < -0.39 is 23.2 Å². The van der Waals surface area contributed by atoms with E-state index in [-0.39, 0.29) is 45.9 Å². The van der Waals surface area contributed by atoms with Gasteiger partial charge in [-0.05, 0) is 109 Å². The summed E-state index contributed by atoms with van der Waals surface area (Å²) in [5.74, 6) is -1.36. The predicted octanol–water partition coefficient (Wildman–Crippen LogP) is 6.53. The highest BCUT2D eigenvalue weighted by molar-refractivity contribution is 9.10. The Bertz CT molecular complexity index is 3140. The molecule has 58 heavy (non-hydrogen) atoms. The van der Waals surface area contributed by atoms with Gasteiger partial charge in [0.1, 0.15) is 28.7 Å². The number of amides is 1. The number of nitrogens with one attached hydrogen (secondary N) is 1. The average Bonchev–Trinajstić information content (AvgIpc) is 3.81. The van der Waals surface area contributed by atoms with Gasteiger partial charge in [0.25, 0.3) is 5.91 Å². The van der Waals surface area contributed by atoms with Crippen LogP contribution >= 0.6 is 15.9 Å². The molecule has 2 aliphatic rings. The maximum atomic E-state index is 15.3. The first-order valence-corrected chi connectivity index (χ1v) is 19.6. The number of hydrogen-bond donors (Lipinski definition) is 1. The smallest absolute Gasteiger partial charge is 0.330 e. The molecule has 17 heteroatoms. The number of aryl methyl sites for hydroxylation is 3.